The van der Waals surface area contributed by atoms with Gasteiger partial charge in [-0.2, -0.15) is 0 Å². The first-order valence-electron chi connectivity index (χ1n) is 4.56. The van der Waals surface area contributed by atoms with Gasteiger partial charge < -0.3 is 0 Å². The van der Waals surface area contributed by atoms with Crippen molar-refractivity contribution in [2.24, 2.45) is 0 Å². The highest BCUT2D eigenvalue weighted by Gasteiger charge is 2.18. The topological polar surface area (TPSA) is 34.1 Å². The van der Waals surface area contributed by atoms with Gasteiger partial charge in [0.15, 0.2) is 9.84 Å². The molecular formula is C10H14O2S. The van der Waals surface area contributed by atoms with Crippen LogP contribution in [0.4, 0.5) is 0 Å². The van der Waals surface area contributed by atoms with Crippen LogP contribution in [0.3, 0.4) is 0 Å². The molecule has 0 aliphatic rings. The quantitative estimate of drug-likeness (QED) is 0.731. The van der Waals surface area contributed by atoms with Gasteiger partial charge in [0.25, 0.3) is 0 Å². The zero-order chi connectivity index (χ0) is 11.0. The molecule has 3 heteroatoms. The van der Waals surface area contributed by atoms with Crippen LogP contribution in [0, 0.1) is 6.92 Å². The number of rotatable bonds is 2. The number of sulfone groups is 1. The predicted molar refractivity (Wildman–Crippen MR) is 53.5 cm³/mol. The lowest BCUT2D eigenvalue weighted by molar-refractivity contribution is 0.587. The first kappa shape index (κ1) is 8.75. The van der Waals surface area contributed by atoms with Gasteiger partial charge in [-0.05, 0) is 32.9 Å². The lowest BCUT2D eigenvalue weighted by Gasteiger charge is -2.07. The van der Waals surface area contributed by atoms with Gasteiger partial charge in [0.05, 0.1) is 10.1 Å². The Morgan fingerprint density at radius 2 is 1.69 bits per heavy atom. The molecule has 0 unspecified atom stereocenters. The third-order valence-electron chi connectivity index (χ3n) is 1.87. The van der Waals surface area contributed by atoms with Crippen LogP contribution in [-0.2, 0) is 9.84 Å². The minimum atomic E-state index is -3.53. The van der Waals surface area contributed by atoms with Crippen LogP contribution in [0.5, 0.6) is 0 Å². The van der Waals surface area contributed by atoms with Crippen molar-refractivity contribution in [2.75, 3.05) is 0 Å². The normalized spacial score (nSPS) is 13.9. The molecule has 0 amide bonds. The molecule has 2 nitrogen and oxygen atoms in total. The van der Waals surface area contributed by atoms with Crippen LogP contribution < -0.4 is 0 Å². The van der Waals surface area contributed by atoms with E-state index >= 15 is 0 Å². The molecule has 1 aromatic carbocycles. The van der Waals surface area contributed by atoms with Crippen LogP contribution in [0.15, 0.2) is 29.2 Å². The molecule has 1 rings (SSSR count). The van der Waals surface area contributed by atoms with Crippen molar-refractivity contribution in [1.29, 1.82) is 0 Å². The van der Waals surface area contributed by atoms with E-state index in [2.05, 4.69) is 0 Å². The van der Waals surface area contributed by atoms with Crippen molar-refractivity contribution in [2.45, 2.75) is 30.9 Å². The van der Waals surface area contributed by atoms with E-state index in [0.29, 0.717) is 0 Å². The lowest BCUT2D eigenvalue weighted by atomic mass is 10.2. The SMILES string of the molecule is [2H]C(C)(C)S(=O)(=O)c1ccc(C)cc1. The van der Waals surface area contributed by atoms with Gasteiger partial charge in [0.2, 0.25) is 0 Å². The monoisotopic (exact) mass is 199 g/mol. The van der Waals surface area contributed by atoms with Crippen LogP contribution in [0.1, 0.15) is 20.8 Å². The Labute approximate surface area is 80.9 Å². The summed E-state index contributed by atoms with van der Waals surface area (Å²) in [6.07, 6.45) is 0. The summed E-state index contributed by atoms with van der Waals surface area (Å²) < 4.78 is 31.1. The fourth-order valence-corrected chi connectivity index (χ4v) is 1.92. The molecule has 0 N–H and O–H groups in total. The molecule has 0 radical (unpaired) electrons. The van der Waals surface area contributed by atoms with E-state index in [9.17, 15) is 8.42 Å². The van der Waals surface area contributed by atoms with Crippen LogP contribution in [0.25, 0.3) is 0 Å². The smallest absolute Gasteiger partial charge is 0.180 e. The van der Waals surface area contributed by atoms with E-state index < -0.39 is 15.1 Å². The van der Waals surface area contributed by atoms with Crippen molar-refractivity contribution in [3.8, 4) is 0 Å². The largest absolute Gasteiger partial charge is 0.223 e. The zero-order valence-electron chi connectivity index (χ0n) is 9.03. The molecule has 0 aliphatic carbocycles. The molecular weight excluding hydrogens is 184 g/mol. The predicted octanol–water partition coefficient (Wildman–Crippen LogP) is 2.18. The molecule has 0 aromatic heterocycles. The zero-order valence-corrected chi connectivity index (χ0v) is 8.85. The summed E-state index contributed by atoms with van der Waals surface area (Å²) in [5.74, 6) is 0. The summed E-state index contributed by atoms with van der Waals surface area (Å²) in [6.45, 7) is 4.65. The molecule has 0 saturated carbocycles. The maximum absolute atomic E-state index is 11.8. The molecule has 0 atom stereocenters. The standard InChI is InChI=1S/C10H14O2S/c1-8(2)13(11,12)10-6-4-9(3)5-7-10/h4-8H,1-3H3/i8D. The number of hydrogen-bond donors (Lipinski definition) is 0. The molecule has 0 fully saturated rings. The van der Waals surface area contributed by atoms with Gasteiger partial charge in [-0.25, -0.2) is 8.42 Å². The average Bonchev–Trinajstić information content (AvgIpc) is 2.03. The van der Waals surface area contributed by atoms with Crippen molar-refractivity contribution in [1.82, 2.24) is 0 Å². The van der Waals surface area contributed by atoms with Gasteiger partial charge in [-0.3, -0.25) is 0 Å². The molecule has 0 spiro atoms. The van der Waals surface area contributed by atoms with Crippen LogP contribution in [-0.4, -0.2) is 13.6 Å². The highest BCUT2D eigenvalue weighted by atomic mass is 32.2. The Kier molecular flexibility index (Phi) is 2.36. The minimum Gasteiger partial charge on any atom is -0.223 e. The Morgan fingerprint density at radius 3 is 2.08 bits per heavy atom. The molecule has 13 heavy (non-hydrogen) atoms. The maximum atomic E-state index is 11.8. The van der Waals surface area contributed by atoms with Crippen molar-refractivity contribution < 1.29 is 9.79 Å². The second-order valence-corrected chi connectivity index (χ2v) is 5.52. The Morgan fingerprint density at radius 1 is 1.23 bits per heavy atom. The summed E-state index contributed by atoms with van der Waals surface area (Å²) in [5.41, 5.74) is 1.01. The second-order valence-electron chi connectivity index (χ2n) is 3.22. The Hall–Kier alpha value is -0.830. The molecule has 72 valence electrons. The molecule has 0 aliphatic heterocycles. The van der Waals surface area contributed by atoms with Gasteiger partial charge >= 0.3 is 0 Å². The van der Waals surface area contributed by atoms with Crippen molar-refractivity contribution in [3.63, 3.8) is 0 Å². The minimum absolute atomic E-state index is 0.211. The fraction of sp³-hybridized carbons (Fsp3) is 0.400. The van der Waals surface area contributed by atoms with E-state index in [4.69, 9.17) is 1.37 Å². The number of benzene rings is 1. The number of hydrogen-bond acceptors (Lipinski definition) is 2. The Balaban J connectivity index is 3.25. The summed E-state index contributed by atoms with van der Waals surface area (Å²) in [4.78, 5) is 0.211. The molecule has 0 bridgehead atoms. The summed E-state index contributed by atoms with van der Waals surface area (Å²) in [5, 5.41) is -1.48. The fourth-order valence-electron chi connectivity index (χ4n) is 0.953. The second kappa shape index (κ2) is 3.50. The van der Waals surface area contributed by atoms with Gasteiger partial charge in [0, 0.05) is 1.37 Å². The maximum Gasteiger partial charge on any atom is 0.180 e. The van der Waals surface area contributed by atoms with Crippen LogP contribution >= 0.6 is 0 Å². The van der Waals surface area contributed by atoms with Gasteiger partial charge in [-0.15, -0.1) is 0 Å². The van der Waals surface area contributed by atoms with Crippen molar-refractivity contribution in [3.05, 3.63) is 29.8 Å². The van der Waals surface area contributed by atoms with E-state index in [1.54, 1.807) is 24.3 Å². The van der Waals surface area contributed by atoms with Gasteiger partial charge in [0.1, 0.15) is 0 Å². The highest BCUT2D eigenvalue weighted by molar-refractivity contribution is 7.92. The van der Waals surface area contributed by atoms with Crippen molar-refractivity contribution >= 4 is 9.84 Å². The first-order chi connectivity index (χ1) is 6.25. The van der Waals surface area contributed by atoms with E-state index in [0.717, 1.165) is 5.56 Å². The third-order valence-corrected chi connectivity index (χ3v) is 3.84. The van der Waals surface area contributed by atoms with E-state index in [1.165, 1.54) is 13.8 Å². The third kappa shape index (κ3) is 2.10. The highest BCUT2D eigenvalue weighted by Crippen LogP contribution is 2.15. The van der Waals surface area contributed by atoms with Gasteiger partial charge in [-0.1, -0.05) is 17.7 Å². The van der Waals surface area contributed by atoms with E-state index in [1.807, 2.05) is 6.92 Å². The summed E-state index contributed by atoms with van der Waals surface area (Å²) in [7, 11) is -3.53. The summed E-state index contributed by atoms with van der Waals surface area (Å²) >= 11 is 0. The Bertz CT molecular complexity index is 412. The number of aryl methyl sites for hydroxylation is 1. The lowest BCUT2D eigenvalue weighted by Crippen LogP contribution is -2.13. The average molecular weight is 199 g/mol. The molecule has 1 aromatic rings. The van der Waals surface area contributed by atoms with E-state index in [-0.39, 0.29) is 4.90 Å². The first-order valence-corrected chi connectivity index (χ1v) is 5.55. The summed E-state index contributed by atoms with van der Waals surface area (Å²) in [6, 6.07) is 6.55. The molecule has 0 saturated heterocycles. The molecule has 0 heterocycles. The van der Waals surface area contributed by atoms with Crippen LogP contribution in [0.2, 0.25) is 0 Å².